The van der Waals surface area contributed by atoms with Crippen molar-refractivity contribution in [2.45, 2.75) is 32.2 Å². The van der Waals surface area contributed by atoms with Crippen LogP contribution in [0.5, 0.6) is 0 Å². The van der Waals surface area contributed by atoms with E-state index in [9.17, 15) is 4.39 Å². The van der Waals surface area contributed by atoms with E-state index in [1.54, 1.807) is 0 Å². The fourth-order valence-electron chi connectivity index (χ4n) is 2.75. The van der Waals surface area contributed by atoms with Gasteiger partial charge in [0.1, 0.15) is 5.82 Å². The Kier molecular flexibility index (Phi) is 4.24. The molecule has 0 aliphatic carbocycles. The third kappa shape index (κ3) is 2.91. The number of nitrogens with one attached hydrogen (secondary N) is 1. The third-order valence-corrected chi connectivity index (χ3v) is 4.01. The molecule has 1 N–H and O–H groups in total. The number of likely N-dealkylation sites (N-methyl/N-ethyl adjacent to an activating group) is 1. The zero-order chi connectivity index (χ0) is 14.8. The van der Waals surface area contributed by atoms with Gasteiger partial charge in [0, 0.05) is 11.5 Å². The SMILES string of the molecule is CNC(c1ccc(C)cc1)C(C)(C)c1ccc(F)cc1. The van der Waals surface area contributed by atoms with Gasteiger partial charge in [-0.15, -0.1) is 0 Å². The minimum Gasteiger partial charge on any atom is -0.312 e. The molecule has 1 unspecified atom stereocenters. The van der Waals surface area contributed by atoms with E-state index in [1.807, 2.05) is 19.2 Å². The Hall–Kier alpha value is -1.67. The average Bonchev–Trinajstić information content (AvgIpc) is 2.42. The minimum atomic E-state index is -0.194. The summed E-state index contributed by atoms with van der Waals surface area (Å²) in [5.41, 5.74) is 3.49. The molecule has 2 aromatic carbocycles. The standard InChI is InChI=1S/C18H22FN/c1-13-5-7-14(8-6-13)17(20-4)18(2,3)15-9-11-16(19)12-10-15/h5-12,17,20H,1-4H3. The first-order valence-corrected chi connectivity index (χ1v) is 6.95. The van der Waals surface area contributed by atoms with Crippen LogP contribution in [0.3, 0.4) is 0 Å². The van der Waals surface area contributed by atoms with E-state index in [2.05, 4.69) is 50.4 Å². The molecule has 0 radical (unpaired) electrons. The van der Waals surface area contributed by atoms with Crippen LogP contribution in [-0.4, -0.2) is 7.05 Å². The maximum Gasteiger partial charge on any atom is 0.123 e. The predicted octanol–water partition coefficient (Wildman–Crippen LogP) is 4.37. The van der Waals surface area contributed by atoms with Crippen LogP contribution in [-0.2, 0) is 5.41 Å². The lowest BCUT2D eigenvalue weighted by molar-refractivity contribution is 0.368. The van der Waals surface area contributed by atoms with Gasteiger partial charge in [0.25, 0.3) is 0 Å². The Morgan fingerprint density at radius 1 is 0.950 bits per heavy atom. The van der Waals surface area contributed by atoms with Crippen LogP contribution in [0.15, 0.2) is 48.5 Å². The van der Waals surface area contributed by atoms with Gasteiger partial charge in [0.05, 0.1) is 0 Å². The van der Waals surface area contributed by atoms with E-state index in [0.29, 0.717) is 0 Å². The summed E-state index contributed by atoms with van der Waals surface area (Å²) >= 11 is 0. The summed E-state index contributed by atoms with van der Waals surface area (Å²) in [6.45, 7) is 6.45. The summed E-state index contributed by atoms with van der Waals surface area (Å²) in [7, 11) is 1.97. The van der Waals surface area contributed by atoms with Crippen molar-refractivity contribution in [3.63, 3.8) is 0 Å². The topological polar surface area (TPSA) is 12.0 Å². The fourth-order valence-corrected chi connectivity index (χ4v) is 2.75. The van der Waals surface area contributed by atoms with E-state index in [0.717, 1.165) is 5.56 Å². The van der Waals surface area contributed by atoms with Crippen molar-refractivity contribution in [2.75, 3.05) is 7.05 Å². The van der Waals surface area contributed by atoms with Gasteiger partial charge in [-0.3, -0.25) is 0 Å². The molecule has 2 aromatic rings. The molecule has 0 aliphatic rings. The number of halogens is 1. The number of hydrogen-bond acceptors (Lipinski definition) is 1. The Morgan fingerprint density at radius 2 is 1.50 bits per heavy atom. The maximum absolute atomic E-state index is 13.1. The third-order valence-electron chi connectivity index (χ3n) is 4.01. The van der Waals surface area contributed by atoms with Gasteiger partial charge in [0.15, 0.2) is 0 Å². The summed E-state index contributed by atoms with van der Waals surface area (Å²) in [5, 5.41) is 3.40. The van der Waals surface area contributed by atoms with Crippen molar-refractivity contribution in [3.05, 3.63) is 71.0 Å². The van der Waals surface area contributed by atoms with Gasteiger partial charge >= 0.3 is 0 Å². The molecule has 0 saturated carbocycles. The van der Waals surface area contributed by atoms with Crippen molar-refractivity contribution in [1.29, 1.82) is 0 Å². The highest BCUT2D eigenvalue weighted by Crippen LogP contribution is 2.36. The van der Waals surface area contributed by atoms with Crippen molar-refractivity contribution < 1.29 is 4.39 Å². The molecule has 1 nitrogen and oxygen atoms in total. The van der Waals surface area contributed by atoms with Crippen LogP contribution in [0.25, 0.3) is 0 Å². The van der Waals surface area contributed by atoms with Gasteiger partial charge in [-0.05, 0) is 37.2 Å². The molecule has 2 rings (SSSR count). The molecule has 0 aliphatic heterocycles. The largest absolute Gasteiger partial charge is 0.312 e. The van der Waals surface area contributed by atoms with Crippen LogP contribution in [0.1, 0.15) is 36.6 Å². The Bertz CT molecular complexity index is 555. The lowest BCUT2D eigenvalue weighted by atomic mass is 9.75. The lowest BCUT2D eigenvalue weighted by Crippen LogP contribution is -2.35. The van der Waals surface area contributed by atoms with Crippen molar-refractivity contribution in [1.82, 2.24) is 5.32 Å². The summed E-state index contributed by atoms with van der Waals surface area (Å²) in [5.74, 6) is -0.194. The number of aryl methyl sites for hydroxylation is 1. The monoisotopic (exact) mass is 271 g/mol. The smallest absolute Gasteiger partial charge is 0.123 e. The van der Waals surface area contributed by atoms with E-state index >= 15 is 0 Å². The normalized spacial score (nSPS) is 13.2. The van der Waals surface area contributed by atoms with Crippen molar-refractivity contribution in [2.24, 2.45) is 0 Å². The second-order valence-electron chi connectivity index (χ2n) is 5.86. The van der Waals surface area contributed by atoms with Gasteiger partial charge in [0.2, 0.25) is 0 Å². The molecule has 20 heavy (non-hydrogen) atoms. The Balaban J connectivity index is 2.38. The highest BCUT2D eigenvalue weighted by Gasteiger charge is 2.31. The molecule has 2 heteroatoms. The van der Waals surface area contributed by atoms with Crippen LogP contribution >= 0.6 is 0 Å². The van der Waals surface area contributed by atoms with Crippen LogP contribution < -0.4 is 5.32 Å². The van der Waals surface area contributed by atoms with Gasteiger partial charge in [-0.1, -0.05) is 55.8 Å². The molecule has 0 fully saturated rings. The summed E-state index contributed by atoms with van der Waals surface area (Å²) in [6, 6.07) is 15.5. The first kappa shape index (κ1) is 14.7. The van der Waals surface area contributed by atoms with Crippen molar-refractivity contribution >= 4 is 0 Å². The minimum absolute atomic E-state index is 0.127. The van der Waals surface area contributed by atoms with E-state index < -0.39 is 0 Å². The molecule has 0 amide bonds. The number of hydrogen-bond donors (Lipinski definition) is 1. The second-order valence-corrected chi connectivity index (χ2v) is 5.86. The zero-order valence-electron chi connectivity index (χ0n) is 12.6. The Morgan fingerprint density at radius 3 is 2.00 bits per heavy atom. The van der Waals surface area contributed by atoms with Crippen LogP contribution in [0.2, 0.25) is 0 Å². The summed E-state index contributed by atoms with van der Waals surface area (Å²) in [4.78, 5) is 0. The van der Waals surface area contributed by atoms with Gasteiger partial charge < -0.3 is 5.32 Å². The molecule has 0 heterocycles. The predicted molar refractivity (Wildman–Crippen MR) is 82.4 cm³/mol. The van der Waals surface area contributed by atoms with Crippen LogP contribution in [0.4, 0.5) is 4.39 Å². The summed E-state index contributed by atoms with van der Waals surface area (Å²) < 4.78 is 13.1. The Labute approximate surface area is 120 Å². The van der Waals surface area contributed by atoms with Crippen molar-refractivity contribution in [3.8, 4) is 0 Å². The van der Waals surface area contributed by atoms with E-state index in [4.69, 9.17) is 0 Å². The molecule has 106 valence electrons. The van der Waals surface area contributed by atoms with Gasteiger partial charge in [-0.2, -0.15) is 0 Å². The second kappa shape index (κ2) is 5.76. The molecule has 0 saturated heterocycles. The molecular formula is C18H22FN. The molecule has 0 aromatic heterocycles. The van der Waals surface area contributed by atoms with Crippen LogP contribution in [0, 0.1) is 12.7 Å². The summed E-state index contributed by atoms with van der Waals surface area (Å²) in [6.07, 6.45) is 0. The molecule has 1 atom stereocenters. The highest BCUT2D eigenvalue weighted by molar-refractivity contribution is 5.33. The first-order chi connectivity index (χ1) is 9.45. The first-order valence-electron chi connectivity index (χ1n) is 6.95. The lowest BCUT2D eigenvalue weighted by Gasteiger charge is -2.35. The highest BCUT2D eigenvalue weighted by atomic mass is 19.1. The average molecular weight is 271 g/mol. The fraction of sp³-hybridized carbons (Fsp3) is 0.333. The maximum atomic E-state index is 13.1. The zero-order valence-corrected chi connectivity index (χ0v) is 12.6. The molecular weight excluding hydrogens is 249 g/mol. The van der Waals surface area contributed by atoms with Gasteiger partial charge in [-0.25, -0.2) is 4.39 Å². The van der Waals surface area contributed by atoms with E-state index in [-0.39, 0.29) is 17.3 Å². The molecule has 0 spiro atoms. The van der Waals surface area contributed by atoms with E-state index in [1.165, 1.54) is 23.3 Å². The molecule has 0 bridgehead atoms. The number of benzene rings is 2. The number of rotatable bonds is 4. The quantitative estimate of drug-likeness (QED) is 0.870.